The van der Waals surface area contributed by atoms with E-state index in [1.165, 1.54) is 0 Å². The zero-order valence-electron chi connectivity index (χ0n) is 10.5. The molecule has 1 atom stereocenters. The van der Waals surface area contributed by atoms with Crippen LogP contribution < -0.4 is 0 Å². The van der Waals surface area contributed by atoms with Gasteiger partial charge in [-0.15, -0.1) is 0 Å². The van der Waals surface area contributed by atoms with Gasteiger partial charge in [-0.05, 0) is 36.6 Å². The molecule has 1 N–H and O–H groups in total. The van der Waals surface area contributed by atoms with Gasteiger partial charge in [0.15, 0.2) is 11.6 Å². The molecule has 2 rings (SSSR count). The molecular formula is C15H13F3O. The molecule has 0 aliphatic carbocycles. The summed E-state index contributed by atoms with van der Waals surface area (Å²) in [5.41, 5.74) is 1.76. The minimum Gasteiger partial charge on any atom is -0.384 e. The van der Waals surface area contributed by atoms with Crippen LogP contribution in [-0.4, -0.2) is 5.11 Å². The van der Waals surface area contributed by atoms with Crippen LogP contribution in [0.15, 0.2) is 30.3 Å². The molecule has 0 fully saturated rings. The predicted molar refractivity (Wildman–Crippen MR) is 66.3 cm³/mol. The van der Waals surface area contributed by atoms with Crippen LogP contribution in [0.1, 0.15) is 28.4 Å². The Labute approximate surface area is 109 Å². The van der Waals surface area contributed by atoms with Crippen molar-refractivity contribution in [2.24, 2.45) is 0 Å². The number of aliphatic hydroxyl groups excluding tert-OH is 1. The van der Waals surface area contributed by atoms with Crippen molar-refractivity contribution in [1.82, 2.24) is 0 Å². The van der Waals surface area contributed by atoms with Gasteiger partial charge in [-0.3, -0.25) is 0 Å². The topological polar surface area (TPSA) is 20.2 Å². The maximum atomic E-state index is 13.7. The lowest BCUT2D eigenvalue weighted by Crippen LogP contribution is -2.08. The minimum absolute atomic E-state index is 0.267. The maximum absolute atomic E-state index is 13.7. The SMILES string of the molecule is Cc1cccc(C)c1C(O)c1cc(F)c(F)cc1F. The van der Waals surface area contributed by atoms with E-state index in [0.29, 0.717) is 17.7 Å². The van der Waals surface area contributed by atoms with Crippen molar-refractivity contribution in [3.8, 4) is 0 Å². The molecule has 100 valence electrons. The average molecular weight is 266 g/mol. The second-order valence-corrected chi connectivity index (χ2v) is 4.50. The lowest BCUT2D eigenvalue weighted by atomic mass is 9.93. The molecular weight excluding hydrogens is 253 g/mol. The van der Waals surface area contributed by atoms with E-state index in [0.717, 1.165) is 11.1 Å². The number of rotatable bonds is 2. The molecule has 0 bridgehead atoms. The van der Waals surface area contributed by atoms with Crippen LogP contribution in [-0.2, 0) is 0 Å². The Morgan fingerprint density at radius 3 is 2.00 bits per heavy atom. The van der Waals surface area contributed by atoms with E-state index in [1.54, 1.807) is 26.0 Å². The Bertz CT molecular complexity index is 603. The summed E-state index contributed by atoms with van der Waals surface area (Å²) < 4.78 is 39.7. The van der Waals surface area contributed by atoms with Crippen LogP contribution >= 0.6 is 0 Å². The monoisotopic (exact) mass is 266 g/mol. The molecule has 4 heteroatoms. The van der Waals surface area contributed by atoms with Gasteiger partial charge in [-0.1, -0.05) is 18.2 Å². The van der Waals surface area contributed by atoms with E-state index in [4.69, 9.17) is 0 Å². The number of hydrogen-bond acceptors (Lipinski definition) is 1. The van der Waals surface area contributed by atoms with Crippen molar-refractivity contribution in [3.63, 3.8) is 0 Å². The predicted octanol–water partition coefficient (Wildman–Crippen LogP) is 3.80. The number of benzene rings is 2. The zero-order valence-corrected chi connectivity index (χ0v) is 10.5. The highest BCUT2D eigenvalue weighted by Crippen LogP contribution is 2.30. The third kappa shape index (κ3) is 2.49. The quantitative estimate of drug-likeness (QED) is 0.820. The van der Waals surface area contributed by atoms with E-state index in [-0.39, 0.29) is 5.56 Å². The molecule has 0 radical (unpaired) electrons. The fraction of sp³-hybridized carbons (Fsp3) is 0.200. The van der Waals surface area contributed by atoms with Crippen LogP contribution in [0.3, 0.4) is 0 Å². The van der Waals surface area contributed by atoms with Crippen LogP contribution in [0, 0.1) is 31.3 Å². The second kappa shape index (κ2) is 5.05. The van der Waals surface area contributed by atoms with Crippen molar-refractivity contribution in [2.45, 2.75) is 20.0 Å². The molecule has 0 heterocycles. The summed E-state index contributed by atoms with van der Waals surface area (Å²) in [6, 6.07) is 6.48. The van der Waals surface area contributed by atoms with E-state index < -0.39 is 23.6 Å². The van der Waals surface area contributed by atoms with Gasteiger partial charge in [-0.2, -0.15) is 0 Å². The summed E-state index contributed by atoms with van der Waals surface area (Å²) in [6.45, 7) is 3.53. The van der Waals surface area contributed by atoms with E-state index in [1.807, 2.05) is 6.07 Å². The first kappa shape index (κ1) is 13.6. The number of aliphatic hydroxyl groups is 1. The third-order valence-corrected chi connectivity index (χ3v) is 3.15. The van der Waals surface area contributed by atoms with Gasteiger partial charge in [0.2, 0.25) is 0 Å². The number of halogens is 3. The number of aryl methyl sites for hydroxylation is 2. The normalized spacial score (nSPS) is 12.5. The van der Waals surface area contributed by atoms with E-state index in [2.05, 4.69) is 0 Å². The molecule has 0 saturated heterocycles. The molecule has 0 aliphatic heterocycles. The minimum atomic E-state index is -1.32. The molecule has 2 aromatic rings. The first-order chi connectivity index (χ1) is 8.91. The average Bonchev–Trinajstić information content (AvgIpc) is 2.33. The fourth-order valence-electron chi connectivity index (χ4n) is 2.16. The Morgan fingerprint density at radius 1 is 0.895 bits per heavy atom. The molecule has 0 aliphatic rings. The van der Waals surface area contributed by atoms with Gasteiger partial charge in [0, 0.05) is 11.6 Å². The summed E-state index contributed by atoms with van der Waals surface area (Å²) in [5, 5.41) is 10.2. The van der Waals surface area contributed by atoms with Crippen molar-refractivity contribution < 1.29 is 18.3 Å². The molecule has 0 saturated carbocycles. The Hall–Kier alpha value is -1.81. The molecule has 0 spiro atoms. The molecule has 19 heavy (non-hydrogen) atoms. The highest BCUT2D eigenvalue weighted by molar-refractivity contribution is 5.41. The third-order valence-electron chi connectivity index (χ3n) is 3.15. The van der Waals surface area contributed by atoms with Gasteiger partial charge >= 0.3 is 0 Å². The standard InChI is InChI=1S/C15H13F3O/c1-8-4-3-5-9(2)14(8)15(19)10-6-12(17)13(18)7-11(10)16/h3-7,15,19H,1-2H3. The lowest BCUT2D eigenvalue weighted by Gasteiger charge is -2.17. The summed E-state index contributed by atoms with van der Waals surface area (Å²) in [6.07, 6.45) is -1.32. The van der Waals surface area contributed by atoms with Gasteiger partial charge in [0.25, 0.3) is 0 Å². The highest BCUT2D eigenvalue weighted by atomic mass is 19.2. The van der Waals surface area contributed by atoms with Crippen LogP contribution in [0.25, 0.3) is 0 Å². The van der Waals surface area contributed by atoms with Gasteiger partial charge in [0.1, 0.15) is 11.9 Å². The second-order valence-electron chi connectivity index (χ2n) is 4.50. The first-order valence-electron chi connectivity index (χ1n) is 5.80. The van der Waals surface area contributed by atoms with Crippen molar-refractivity contribution >= 4 is 0 Å². The summed E-state index contributed by atoms with van der Waals surface area (Å²) in [7, 11) is 0. The maximum Gasteiger partial charge on any atom is 0.161 e. The van der Waals surface area contributed by atoms with Crippen molar-refractivity contribution in [2.75, 3.05) is 0 Å². The molecule has 1 nitrogen and oxygen atoms in total. The van der Waals surface area contributed by atoms with Gasteiger partial charge in [0.05, 0.1) is 0 Å². The van der Waals surface area contributed by atoms with Gasteiger partial charge in [-0.25, -0.2) is 13.2 Å². The van der Waals surface area contributed by atoms with E-state index in [9.17, 15) is 18.3 Å². The van der Waals surface area contributed by atoms with Crippen molar-refractivity contribution in [1.29, 1.82) is 0 Å². The highest BCUT2D eigenvalue weighted by Gasteiger charge is 2.21. The molecule has 0 amide bonds. The smallest absolute Gasteiger partial charge is 0.161 e. The Balaban J connectivity index is 2.56. The van der Waals surface area contributed by atoms with Crippen LogP contribution in [0.5, 0.6) is 0 Å². The van der Waals surface area contributed by atoms with E-state index >= 15 is 0 Å². The van der Waals surface area contributed by atoms with Crippen LogP contribution in [0.2, 0.25) is 0 Å². The Morgan fingerprint density at radius 2 is 1.42 bits per heavy atom. The zero-order chi connectivity index (χ0) is 14.2. The van der Waals surface area contributed by atoms with Crippen molar-refractivity contribution in [3.05, 3.63) is 70.0 Å². The fourth-order valence-corrected chi connectivity index (χ4v) is 2.16. The molecule has 1 unspecified atom stereocenters. The molecule has 0 aromatic heterocycles. The van der Waals surface area contributed by atoms with Crippen LogP contribution in [0.4, 0.5) is 13.2 Å². The summed E-state index contributed by atoms with van der Waals surface area (Å²) in [4.78, 5) is 0. The van der Waals surface area contributed by atoms with Gasteiger partial charge < -0.3 is 5.11 Å². The summed E-state index contributed by atoms with van der Waals surface area (Å²) in [5.74, 6) is -3.41. The lowest BCUT2D eigenvalue weighted by molar-refractivity contribution is 0.212. The largest absolute Gasteiger partial charge is 0.384 e. The number of hydrogen-bond donors (Lipinski definition) is 1. The molecule has 2 aromatic carbocycles. The first-order valence-corrected chi connectivity index (χ1v) is 5.80. The summed E-state index contributed by atoms with van der Waals surface area (Å²) >= 11 is 0. The Kier molecular flexibility index (Phi) is 3.62.